The second kappa shape index (κ2) is 10.6. The zero-order valence-electron chi connectivity index (χ0n) is 16.2. The summed E-state index contributed by atoms with van der Waals surface area (Å²) < 4.78 is 0. The molecule has 0 spiro atoms. The highest BCUT2D eigenvalue weighted by molar-refractivity contribution is 5.86. The van der Waals surface area contributed by atoms with Crippen LogP contribution in [0.4, 0.5) is 0 Å². The molecule has 0 saturated carbocycles. The van der Waals surface area contributed by atoms with E-state index in [1.165, 1.54) is 6.92 Å². The van der Waals surface area contributed by atoms with Crippen LogP contribution in [0.5, 0.6) is 0 Å². The van der Waals surface area contributed by atoms with Crippen LogP contribution in [-0.4, -0.2) is 40.8 Å². The molecular formula is C20H28Cl2N4O2. The van der Waals surface area contributed by atoms with E-state index >= 15 is 0 Å². The van der Waals surface area contributed by atoms with Crippen molar-refractivity contribution in [3.05, 3.63) is 41.6 Å². The Balaban J connectivity index is 0.00000196. The Morgan fingerprint density at radius 2 is 1.96 bits per heavy atom. The molecule has 1 aromatic carbocycles. The number of fused-ring (bicyclic) bond motifs is 1. The number of rotatable bonds is 3. The molecule has 0 radical (unpaired) electrons. The predicted molar refractivity (Wildman–Crippen MR) is 116 cm³/mol. The Labute approximate surface area is 178 Å². The molecule has 0 bridgehead atoms. The molecule has 1 saturated heterocycles. The topological polar surface area (TPSA) is 88.3 Å². The molecule has 2 amide bonds. The molecule has 0 aliphatic carbocycles. The van der Waals surface area contributed by atoms with Crippen molar-refractivity contribution in [1.82, 2.24) is 15.2 Å². The summed E-state index contributed by atoms with van der Waals surface area (Å²) in [7, 11) is 0. The molecule has 6 nitrogen and oxygen atoms in total. The fraction of sp³-hybridized carbons (Fsp3) is 0.450. The number of nitrogens with one attached hydrogen (secondary N) is 1. The van der Waals surface area contributed by atoms with E-state index < -0.39 is 0 Å². The van der Waals surface area contributed by atoms with Crippen molar-refractivity contribution >= 4 is 47.5 Å². The lowest BCUT2D eigenvalue weighted by molar-refractivity contribution is -0.131. The Kier molecular flexibility index (Phi) is 9.14. The van der Waals surface area contributed by atoms with E-state index in [0.717, 1.165) is 28.5 Å². The number of pyridine rings is 1. The second-order valence-corrected chi connectivity index (χ2v) is 7.12. The van der Waals surface area contributed by atoms with Crippen LogP contribution in [0, 0.1) is 12.8 Å². The Morgan fingerprint density at radius 3 is 2.68 bits per heavy atom. The first-order valence-electron chi connectivity index (χ1n) is 9.07. The van der Waals surface area contributed by atoms with Gasteiger partial charge >= 0.3 is 0 Å². The summed E-state index contributed by atoms with van der Waals surface area (Å²) >= 11 is 0. The van der Waals surface area contributed by atoms with Gasteiger partial charge in [0.05, 0.1) is 11.4 Å². The SMILES string of the molecule is CC(=O)N1C[C@@H](N)CC[C@@H](C(=O)NCc2ccc(C)c3ncccc23)C1.Cl.Cl. The number of carbonyl (C=O) groups is 2. The van der Waals surface area contributed by atoms with Crippen molar-refractivity contribution in [2.24, 2.45) is 11.7 Å². The van der Waals surface area contributed by atoms with Gasteiger partial charge in [-0.2, -0.15) is 0 Å². The molecule has 154 valence electrons. The van der Waals surface area contributed by atoms with Gasteiger partial charge in [-0.3, -0.25) is 14.6 Å². The highest BCUT2D eigenvalue weighted by Crippen LogP contribution is 2.21. The number of hydrogen-bond acceptors (Lipinski definition) is 4. The normalized spacial score (nSPS) is 19.2. The van der Waals surface area contributed by atoms with Gasteiger partial charge in [0, 0.05) is 44.2 Å². The van der Waals surface area contributed by atoms with Crippen molar-refractivity contribution in [3.8, 4) is 0 Å². The maximum atomic E-state index is 12.7. The number of aromatic nitrogens is 1. The fourth-order valence-corrected chi connectivity index (χ4v) is 3.55. The van der Waals surface area contributed by atoms with Gasteiger partial charge in [0.25, 0.3) is 0 Å². The summed E-state index contributed by atoms with van der Waals surface area (Å²) in [5.41, 5.74) is 9.15. The molecule has 1 aromatic heterocycles. The maximum absolute atomic E-state index is 12.7. The summed E-state index contributed by atoms with van der Waals surface area (Å²) in [5.74, 6) is -0.277. The summed E-state index contributed by atoms with van der Waals surface area (Å²) in [4.78, 5) is 30.6. The average molecular weight is 427 g/mol. The molecule has 3 N–H and O–H groups in total. The predicted octanol–water partition coefficient (Wildman–Crippen LogP) is 2.59. The van der Waals surface area contributed by atoms with Gasteiger partial charge in [0.1, 0.15) is 0 Å². The minimum absolute atomic E-state index is 0. The lowest BCUT2D eigenvalue weighted by atomic mass is 10.0. The zero-order valence-corrected chi connectivity index (χ0v) is 17.8. The molecule has 1 aliphatic rings. The number of nitrogens with zero attached hydrogens (tertiary/aromatic N) is 2. The Hall–Kier alpha value is -1.89. The van der Waals surface area contributed by atoms with Gasteiger partial charge in [0.15, 0.2) is 0 Å². The average Bonchev–Trinajstić information content (AvgIpc) is 2.83. The summed E-state index contributed by atoms with van der Waals surface area (Å²) in [6.07, 6.45) is 3.23. The minimum atomic E-state index is -0.220. The van der Waals surface area contributed by atoms with Crippen LogP contribution in [0.25, 0.3) is 10.9 Å². The van der Waals surface area contributed by atoms with Crippen LogP contribution < -0.4 is 11.1 Å². The molecule has 2 aromatic rings. The third-order valence-electron chi connectivity index (χ3n) is 5.11. The second-order valence-electron chi connectivity index (χ2n) is 7.12. The van der Waals surface area contributed by atoms with Crippen molar-refractivity contribution in [2.75, 3.05) is 13.1 Å². The third kappa shape index (κ3) is 5.56. The van der Waals surface area contributed by atoms with E-state index in [1.54, 1.807) is 11.1 Å². The van der Waals surface area contributed by atoms with Crippen LogP contribution in [-0.2, 0) is 16.1 Å². The largest absolute Gasteiger partial charge is 0.352 e. The van der Waals surface area contributed by atoms with Gasteiger partial charge in [0.2, 0.25) is 11.8 Å². The Bertz CT molecular complexity index is 831. The highest BCUT2D eigenvalue weighted by atomic mass is 35.5. The van der Waals surface area contributed by atoms with Gasteiger partial charge in [-0.1, -0.05) is 18.2 Å². The van der Waals surface area contributed by atoms with E-state index in [4.69, 9.17) is 5.73 Å². The van der Waals surface area contributed by atoms with Gasteiger partial charge < -0.3 is 16.0 Å². The van der Waals surface area contributed by atoms with Crippen molar-refractivity contribution < 1.29 is 9.59 Å². The Morgan fingerprint density at radius 1 is 1.21 bits per heavy atom. The standard InChI is InChI=1S/C20H26N4O2.2ClH/c1-13-5-6-15(18-4-3-9-22-19(13)18)10-23-20(26)16-7-8-17(21)12-24(11-16)14(2)25;;/h3-6,9,16-17H,7-8,10-12,21H2,1-2H3,(H,23,26);2*1H/t16-,17+;;/m1../s1. The number of halogens is 2. The zero-order chi connectivity index (χ0) is 18.7. The monoisotopic (exact) mass is 426 g/mol. The van der Waals surface area contributed by atoms with Crippen LogP contribution >= 0.6 is 24.8 Å². The molecule has 2 atom stereocenters. The molecule has 8 heteroatoms. The first-order chi connectivity index (χ1) is 12.5. The van der Waals surface area contributed by atoms with Crippen LogP contribution in [0.1, 0.15) is 30.9 Å². The molecule has 1 aliphatic heterocycles. The first-order valence-corrected chi connectivity index (χ1v) is 9.07. The van der Waals surface area contributed by atoms with Gasteiger partial charge in [-0.05, 0) is 37.0 Å². The van der Waals surface area contributed by atoms with Crippen LogP contribution in [0.15, 0.2) is 30.5 Å². The van der Waals surface area contributed by atoms with Crippen molar-refractivity contribution in [3.63, 3.8) is 0 Å². The molecular weight excluding hydrogens is 399 g/mol. The van der Waals surface area contributed by atoms with E-state index in [2.05, 4.69) is 10.3 Å². The smallest absolute Gasteiger partial charge is 0.225 e. The quantitative estimate of drug-likeness (QED) is 0.788. The highest BCUT2D eigenvalue weighted by Gasteiger charge is 2.28. The van der Waals surface area contributed by atoms with E-state index in [9.17, 15) is 9.59 Å². The number of likely N-dealkylation sites (tertiary alicyclic amines) is 1. The van der Waals surface area contributed by atoms with E-state index in [-0.39, 0.29) is 48.6 Å². The van der Waals surface area contributed by atoms with E-state index in [1.807, 2.05) is 31.2 Å². The minimum Gasteiger partial charge on any atom is -0.352 e. The summed E-state index contributed by atoms with van der Waals surface area (Å²) in [6.45, 7) is 4.96. The first kappa shape index (κ1) is 24.1. The molecule has 3 rings (SSSR count). The number of nitrogens with two attached hydrogens (primary N) is 1. The number of hydrogen-bond donors (Lipinski definition) is 2. The third-order valence-corrected chi connectivity index (χ3v) is 5.11. The lowest BCUT2D eigenvalue weighted by Crippen LogP contribution is -2.42. The van der Waals surface area contributed by atoms with Crippen molar-refractivity contribution in [1.29, 1.82) is 0 Å². The number of benzene rings is 1. The summed E-state index contributed by atoms with van der Waals surface area (Å²) in [6, 6.07) is 7.93. The van der Waals surface area contributed by atoms with Crippen molar-refractivity contribution in [2.45, 2.75) is 39.3 Å². The number of carbonyl (C=O) groups excluding carboxylic acids is 2. The molecule has 0 unspecified atom stereocenters. The number of amides is 2. The van der Waals surface area contributed by atoms with Gasteiger partial charge in [-0.25, -0.2) is 0 Å². The number of aryl methyl sites for hydroxylation is 1. The maximum Gasteiger partial charge on any atom is 0.225 e. The van der Waals surface area contributed by atoms with Crippen LogP contribution in [0.3, 0.4) is 0 Å². The van der Waals surface area contributed by atoms with E-state index in [0.29, 0.717) is 26.1 Å². The molecule has 28 heavy (non-hydrogen) atoms. The fourth-order valence-electron chi connectivity index (χ4n) is 3.55. The van der Waals surface area contributed by atoms with Gasteiger partial charge in [-0.15, -0.1) is 24.8 Å². The molecule has 2 heterocycles. The van der Waals surface area contributed by atoms with Crippen LogP contribution in [0.2, 0.25) is 0 Å². The lowest BCUT2D eigenvalue weighted by Gasteiger charge is -2.23. The molecule has 1 fully saturated rings. The summed E-state index contributed by atoms with van der Waals surface area (Å²) in [5, 5.41) is 4.09.